The zero-order chi connectivity index (χ0) is 20.8. The summed E-state index contributed by atoms with van der Waals surface area (Å²) in [5.74, 6) is -0.134. The number of amides is 3. The van der Waals surface area contributed by atoms with Crippen LogP contribution in [0.4, 0.5) is 22.1 Å². The number of hydrogen-bond donors (Lipinski definition) is 4. The Labute approximate surface area is 167 Å². The predicted molar refractivity (Wildman–Crippen MR) is 112 cm³/mol. The number of fused-ring (bicyclic) bond motifs is 1. The van der Waals surface area contributed by atoms with Gasteiger partial charge in [-0.2, -0.15) is 5.26 Å². The Hall–Kier alpha value is -4.06. The van der Waals surface area contributed by atoms with Crippen molar-refractivity contribution in [1.82, 2.24) is 9.55 Å². The molecule has 1 heterocycles. The molecule has 3 rings (SSSR count). The van der Waals surface area contributed by atoms with E-state index < -0.39 is 11.9 Å². The van der Waals surface area contributed by atoms with Gasteiger partial charge in [-0.3, -0.25) is 10.1 Å². The van der Waals surface area contributed by atoms with Crippen molar-refractivity contribution in [3.8, 4) is 6.07 Å². The molecule has 0 saturated heterocycles. The highest BCUT2D eigenvalue weighted by Crippen LogP contribution is 2.24. The molecule has 5 N–H and O–H groups in total. The van der Waals surface area contributed by atoms with Crippen molar-refractivity contribution in [2.45, 2.75) is 19.9 Å². The molecule has 0 radical (unpaired) electrons. The van der Waals surface area contributed by atoms with Crippen molar-refractivity contribution >= 4 is 40.3 Å². The summed E-state index contributed by atoms with van der Waals surface area (Å²) in [6.45, 7) is 3.06. The second kappa shape index (κ2) is 8.75. The molecule has 0 atom stereocenters. The lowest BCUT2D eigenvalue weighted by molar-refractivity contribution is -0.118. The number of carbonyl (C=O) groups is 2. The Bertz CT molecular complexity index is 1080. The molecule has 9 nitrogen and oxygen atoms in total. The number of nitrogens with one attached hydrogen (secondary N) is 3. The molecule has 0 fully saturated rings. The molecule has 29 heavy (non-hydrogen) atoms. The first-order valence-corrected chi connectivity index (χ1v) is 9.10. The number of rotatable bonds is 7. The quantitative estimate of drug-likeness (QED) is 0.491. The molecule has 3 aromatic rings. The number of primary amides is 1. The summed E-state index contributed by atoms with van der Waals surface area (Å²) in [5, 5.41) is 17.5. The van der Waals surface area contributed by atoms with Crippen molar-refractivity contribution in [2.75, 3.05) is 22.5 Å². The van der Waals surface area contributed by atoms with Crippen molar-refractivity contribution in [1.29, 1.82) is 5.26 Å². The van der Waals surface area contributed by atoms with E-state index in [1.165, 1.54) is 0 Å². The normalized spacial score (nSPS) is 10.3. The van der Waals surface area contributed by atoms with Crippen LogP contribution in [-0.2, 0) is 11.3 Å². The highest BCUT2D eigenvalue weighted by atomic mass is 16.2. The summed E-state index contributed by atoms with van der Waals surface area (Å²) in [7, 11) is 0. The minimum absolute atomic E-state index is 0.117. The summed E-state index contributed by atoms with van der Waals surface area (Å²) < 4.78 is 1.74. The lowest BCUT2D eigenvalue weighted by atomic mass is 10.2. The van der Waals surface area contributed by atoms with Gasteiger partial charge in [0.2, 0.25) is 11.9 Å². The fraction of sp³-hybridized carbons (Fsp3) is 0.200. The van der Waals surface area contributed by atoms with Gasteiger partial charge < -0.3 is 20.9 Å². The Balaban J connectivity index is 1.84. The van der Waals surface area contributed by atoms with Crippen LogP contribution in [-0.4, -0.2) is 28.0 Å². The molecule has 3 amide bonds. The summed E-state index contributed by atoms with van der Waals surface area (Å²) in [6, 6.07) is 13.7. The molecule has 0 spiro atoms. The average Bonchev–Trinajstić information content (AvgIpc) is 3.03. The van der Waals surface area contributed by atoms with Crippen LogP contribution >= 0.6 is 0 Å². The molecule has 2 aromatic carbocycles. The molecule has 0 aliphatic carbocycles. The summed E-state index contributed by atoms with van der Waals surface area (Å²) in [4.78, 5) is 28.2. The van der Waals surface area contributed by atoms with Crippen LogP contribution in [0.25, 0.3) is 11.0 Å². The van der Waals surface area contributed by atoms with Gasteiger partial charge in [0.1, 0.15) is 0 Å². The van der Waals surface area contributed by atoms with Crippen LogP contribution in [0.15, 0.2) is 42.5 Å². The molecule has 148 valence electrons. The molecule has 0 saturated carbocycles. The predicted octanol–water partition coefficient (Wildman–Crippen LogP) is 2.86. The number of aryl methyl sites for hydroxylation is 1. The number of nitriles is 1. The maximum atomic E-state index is 12.4. The molecule has 0 aliphatic rings. The lowest BCUT2D eigenvalue weighted by Crippen LogP contribution is -2.22. The number of aromatic nitrogens is 2. The highest BCUT2D eigenvalue weighted by Gasteiger charge is 2.15. The van der Waals surface area contributed by atoms with E-state index in [0.717, 1.165) is 17.7 Å². The highest BCUT2D eigenvalue weighted by molar-refractivity contribution is 6.00. The molecule has 9 heteroatoms. The fourth-order valence-electron chi connectivity index (χ4n) is 2.88. The van der Waals surface area contributed by atoms with Gasteiger partial charge in [-0.1, -0.05) is 0 Å². The third-order valence-corrected chi connectivity index (χ3v) is 4.21. The first kappa shape index (κ1) is 19.7. The lowest BCUT2D eigenvalue weighted by Gasteiger charge is -2.10. The molecular weight excluding hydrogens is 370 g/mol. The minimum Gasteiger partial charge on any atom is -0.385 e. The fourth-order valence-corrected chi connectivity index (χ4v) is 2.88. The van der Waals surface area contributed by atoms with E-state index in [-0.39, 0.29) is 6.42 Å². The van der Waals surface area contributed by atoms with Crippen LogP contribution in [0, 0.1) is 11.3 Å². The molecule has 0 unspecified atom stereocenters. The number of carbonyl (C=O) groups excluding carboxylic acids is 2. The number of benzene rings is 2. The Morgan fingerprint density at radius 3 is 2.52 bits per heavy atom. The summed E-state index contributed by atoms with van der Waals surface area (Å²) in [5.41, 5.74) is 8.70. The van der Waals surface area contributed by atoms with E-state index in [1.807, 2.05) is 31.2 Å². The minimum atomic E-state index is -0.489. The van der Waals surface area contributed by atoms with Crippen molar-refractivity contribution in [3.05, 3.63) is 48.0 Å². The second-order valence-corrected chi connectivity index (χ2v) is 6.31. The van der Waals surface area contributed by atoms with Gasteiger partial charge >= 0.3 is 6.03 Å². The van der Waals surface area contributed by atoms with Gasteiger partial charge in [-0.25, -0.2) is 9.78 Å². The van der Waals surface area contributed by atoms with E-state index in [9.17, 15) is 9.59 Å². The van der Waals surface area contributed by atoms with E-state index in [0.29, 0.717) is 29.3 Å². The van der Waals surface area contributed by atoms with Gasteiger partial charge in [0, 0.05) is 30.9 Å². The van der Waals surface area contributed by atoms with Crippen molar-refractivity contribution in [3.63, 3.8) is 0 Å². The number of nitrogens with two attached hydrogens (primary N) is 1. The van der Waals surface area contributed by atoms with Crippen LogP contribution in [0.2, 0.25) is 0 Å². The maximum absolute atomic E-state index is 12.4. The third kappa shape index (κ3) is 4.81. The average molecular weight is 391 g/mol. The van der Waals surface area contributed by atoms with E-state index in [4.69, 9.17) is 11.0 Å². The Morgan fingerprint density at radius 1 is 1.14 bits per heavy atom. The maximum Gasteiger partial charge on any atom is 0.326 e. The standard InChI is InChI=1S/C20H21N7O2/c1-2-23-15-7-8-17-16(11-15)25-19(27(17)10-9-18(22)28)26-20(29)24-14-5-3-13(12-21)4-6-14/h3-8,11,23H,2,9-10H2,1H3,(H2,22,28)(H2,24,25,26,29). The largest absolute Gasteiger partial charge is 0.385 e. The number of nitrogens with zero attached hydrogens (tertiary/aromatic N) is 3. The van der Waals surface area contributed by atoms with Gasteiger partial charge in [-0.05, 0) is 49.4 Å². The van der Waals surface area contributed by atoms with E-state index >= 15 is 0 Å². The summed E-state index contributed by atoms with van der Waals surface area (Å²) >= 11 is 0. The van der Waals surface area contributed by atoms with Crippen LogP contribution < -0.4 is 21.7 Å². The first-order valence-electron chi connectivity index (χ1n) is 9.10. The molecule has 1 aromatic heterocycles. The topological polar surface area (TPSA) is 138 Å². The second-order valence-electron chi connectivity index (χ2n) is 6.31. The van der Waals surface area contributed by atoms with Gasteiger partial charge in [-0.15, -0.1) is 0 Å². The van der Waals surface area contributed by atoms with Gasteiger partial charge in [0.05, 0.1) is 22.7 Å². The van der Waals surface area contributed by atoms with Crippen LogP contribution in [0.3, 0.4) is 0 Å². The van der Waals surface area contributed by atoms with Gasteiger partial charge in [0.25, 0.3) is 0 Å². The number of hydrogen-bond acceptors (Lipinski definition) is 5. The Kier molecular flexibility index (Phi) is 5.94. The van der Waals surface area contributed by atoms with Crippen LogP contribution in [0.5, 0.6) is 0 Å². The van der Waals surface area contributed by atoms with Gasteiger partial charge in [0.15, 0.2) is 0 Å². The number of urea groups is 1. The van der Waals surface area contributed by atoms with Crippen molar-refractivity contribution < 1.29 is 9.59 Å². The number of anilines is 3. The Morgan fingerprint density at radius 2 is 1.86 bits per heavy atom. The third-order valence-electron chi connectivity index (χ3n) is 4.21. The SMILES string of the molecule is CCNc1ccc2c(c1)nc(NC(=O)Nc1ccc(C#N)cc1)n2CCC(N)=O. The molecular formula is C20H21N7O2. The van der Waals surface area contributed by atoms with E-state index in [2.05, 4.69) is 20.9 Å². The monoisotopic (exact) mass is 391 g/mol. The first-order chi connectivity index (χ1) is 14.0. The summed E-state index contributed by atoms with van der Waals surface area (Å²) in [6.07, 6.45) is 0.117. The molecule has 0 aliphatic heterocycles. The molecule has 0 bridgehead atoms. The van der Waals surface area contributed by atoms with Crippen molar-refractivity contribution in [2.24, 2.45) is 5.73 Å². The zero-order valence-corrected chi connectivity index (χ0v) is 15.9. The van der Waals surface area contributed by atoms with E-state index in [1.54, 1.807) is 28.8 Å². The smallest absolute Gasteiger partial charge is 0.326 e. The zero-order valence-electron chi connectivity index (χ0n) is 15.9. The number of imidazole rings is 1. The van der Waals surface area contributed by atoms with Crippen LogP contribution in [0.1, 0.15) is 18.9 Å².